The van der Waals surface area contributed by atoms with Crippen molar-refractivity contribution in [2.75, 3.05) is 10.7 Å². The normalized spacial score (nSPS) is 13.0. The minimum atomic E-state index is 0.802. The summed E-state index contributed by atoms with van der Waals surface area (Å²) in [5.74, 6) is 0. The molecule has 2 heterocycles. The number of aromatic nitrogens is 1. The molecule has 0 unspecified atom stereocenters. The van der Waals surface area contributed by atoms with Crippen molar-refractivity contribution in [2.45, 2.75) is 16.7 Å². The molecule has 27 heavy (non-hydrogen) atoms. The first-order valence-corrected chi connectivity index (χ1v) is 10.2. The number of anilines is 3. The third-order valence-corrected chi connectivity index (χ3v) is 6.48. The molecular formula is C21H16N4S2. The molecule has 1 aliphatic heterocycles. The number of fused-ring (bicyclic) bond motifs is 3. The fourth-order valence-corrected chi connectivity index (χ4v) is 4.76. The van der Waals surface area contributed by atoms with E-state index in [4.69, 9.17) is 0 Å². The SMILES string of the molecule is CC(=NNc1nc2ccccc2s1)c1ccc2c(c1)Nc1ccccc1S2. The molecule has 132 valence electrons. The predicted octanol–water partition coefficient (Wildman–Crippen LogP) is 6.34. The Kier molecular flexibility index (Phi) is 4.07. The van der Waals surface area contributed by atoms with Crippen LogP contribution in [0.3, 0.4) is 0 Å². The molecule has 1 aliphatic rings. The fraction of sp³-hybridized carbons (Fsp3) is 0.0476. The summed E-state index contributed by atoms with van der Waals surface area (Å²) in [6.07, 6.45) is 0. The summed E-state index contributed by atoms with van der Waals surface area (Å²) in [5.41, 5.74) is 8.35. The molecule has 5 rings (SSSR count). The van der Waals surface area contributed by atoms with E-state index in [2.05, 4.69) is 69.4 Å². The van der Waals surface area contributed by atoms with E-state index in [0.29, 0.717) is 0 Å². The molecule has 4 nitrogen and oxygen atoms in total. The first-order chi connectivity index (χ1) is 13.3. The molecule has 0 bridgehead atoms. The molecule has 3 aromatic carbocycles. The molecule has 0 spiro atoms. The summed E-state index contributed by atoms with van der Waals surface area (Å²) in [4.78, 5) is 7.04. The van der Waals surface area contributed by atoms with Crippen molar-refractivity contribution in [3.05, 3.63) is 72.3 Å². The topological polar surface area (TPSA) is 49.3 Å². The van der Waals surface area contributed by atoms with Crippen molar-refractivity contribution in [1.29, 1.82) is 0 Å². The van der Waals surface area contributed by atoms with Crippen LogP contribution in [-0.4, -0.2) is 10.7 Å². The lowest BCUT2D eigenvalue weighted by Crippen LogP contribution is -2.04. The molecule has 6 heteroatoms. The lowest BCUT2D eigenvalue weighted by molar-refractivity contribution is 1.28. The van der Waals surface area contributed by atoms with Gasteiger partial charge in [0.2, 0.25) is 5.13 Å². The highest BCUT2D eigenvalue weighted by atomic mass is 32.2. The number of hydrogen-bond donors (Lipinski definition) is 2. The largest absolute Gasteiger partial charge is 0.354 e. The van der Waals surface area contributed by atoms with Gasteiger partial charge >= 0.3 is 0 Å². The minimum Gasteiger partial charge on any atom is -0.354 e. The highest BCUT2D eigenvalue weighted by molar-refractivity contribution is 7.99. The molecule has 1 aromatic heterocycles. The van der Waals surface area contributed by atoms with Gasteiger partial charge in [0.25, 0.3) is 0 Å². The van der Waals surface area contributed by atoms with E-state index in [1.165, 1.54) is 9.79 Å². The summed E-state index contributed by atoms with van der Waals surface area (Å²) < 4.78 is 1.15. The van der Waals surface area contributed by atoms with Crippen LogP contribution in [0, 0.1) is 0 Å². The van der Waals surface area contributed by atoms with Crippen LogP contribution in [0.25, 0.3) is 10.2 Å². The van der Waals surface area contributed by atoms with Gasteiger partial charge in [-0.05, 0) is 48.9 Å². The van der Waals surface area contributed by atoms with Crippen LogP contribution in [0.15, 0.2) is 81.6 Å². The molecule has 0 radical (unpaired) electrons. The van der Waals surface area contributed by atoms with Crippen LogP contribution < -0.4 is 10.7 Å². The average molecular weight is 389 g/mol. The molecule has 0 atom stereocenters. The Bertz CT molecular complexity index is 1150. The van der Waals surface area contributed by atoms with Crippen LogP contribution in [-0.2, 0) is 0 Å². The van der Waals surface area contributed by atoms with E-state index in [-0.39, 0.29) is 0 Å². The van der Waals surface area contributed by atoms with E-state index in [1.54, 1.807) is 23.1 Å². The molecule has 0 saturated heterocycles. The van der Waals surface area contributed by atoms with Gasteiger partial charge in [0.15, 0.2) is 0 Å². The summed E-state index contributed by atoms with van der Waals surface area (Å²) in [5, 5.41) is 8.86. The molecule has 0 saturated carbocycles. The lowest BCUT2D eigenvalue weighted by atomic mass is 10.1. The number of nitrogens with zero attached hydrogens (tertiary/aromatic N) is 2. The first kappa shape index (κ1) is 16.4. The molecular weight excluding hydrogens is 372 g/mol. The number of para-hydroxylation sites is 2. The van der Waals surface area contributed by atoms with Crippen molar-refractivity contribution in [3.63, 3.8) is 0 Å². The Morgan fingerprint density at radius 1 is 0.963 bits per heavy atom. The zero-order chi connectivity index (χ0) is 18.2. The maximum absolute atomic E-state index is 4.56. The Morgan fingerprint density at radius 3 is 2.70 bits per heavy atom. The molecule has 4 aromatic rings. The van der Waals surface area contributed by atoms with Gasteiger partial charge in [-0.25, -0.2) is 4.98 Å². The molecule has 0 fully saturated rings. The van der Waals surface area contributed by atoms with Gasteiger partial charge < -0.3 is 5.32 Å². The minimum absolute atomic E-state index is 0.802. The summed E-state index contributed by atoms with van der Waals surface area (Å²) in [6, 6.07) is 22.9. The van der Waals surface area contributed by atoms with Crippen LogP contribution >= 0.6 is 23.1 Å². The molecule has 0 aliphatic carbocycles. The van der Waals surface area contributed by atoms with E-state index >= 15 is 0 Å². The van der Waals surface area contributed by atoms with E-state index < -0.39 is 0 Å². The zero-order valence-electron chi connectivity index (χ0n) is 14.6. The average Bonchev–Trinajstić information content (AvgIpc) is 3.13. The summed E-state index contributed by atoms with van der Waals surface area (Å²) in [7, 11) is 0. The maximum atomic E-state index is 4.56. The number of thiazole rings is 1. The fourth-order valence-electron chi connectivity index (χ4n) is 2.98. The van der Waals surface area contributed by atoms with E-state index in [0.717, 1.165) is 38.0 Å². The predicted molar refractivity (Wildman–Crippen MR) is 116 cm³/mol. The number of rotatable bonds is 3. The number of benzene rings is 3. The van der Waals surface area contributed by atoms with Crippen molar-refractivity contribution in [1.82, 2.24) is 4.98 Å². The second kappa shape index (κ2) is 6.72. The van der Waals surface area contributed by atoms with Crippen LogP contribution in [0.2, 0.25) is 0 Å². The standard InChI is InChI=1S/C21H16N4S2/c1-13(24-25-21-23-16-7-3-5-9-19(16)27-21)14-10-11-20-17(12-14)22-15-6-2-4-8-18(15)26-20/h2-12,22H,1H3,(H,23,25). The van der Waals surface area contributed by atoms with Gasteiger partial charge in [0, 0.05) is 9.79 Å². The highest BCUT2D eigenvalue weighted by Crippen LogP contribution is 2.44. The second-order valence-electron chi connectivity index (χ2n) is 6.23. The van der Waals surface area contributed by atoms with Crippen LogP contribution in [0.4, 0.5) is 16.5 Å². The highest BCUT2D eigenvalue weighted by Gasteiger charge is 2.15. The number of hydrazone groups is 1. The van der Waals surface area contributed by atoms with E-state index in [9.17, 15) is 0 Å². The number of nitrogens with one attached hydrogen (secondary N) is 2. The Hall–Kier alpha value is -2.83. The maximum Gasteiger partial charge on any atom is 0.204 e. The Morgan fingerprint density at radius 2 is 1.78 bits per heavy atom. The van der Waals surface area contributed by atoms with Crippen molar-refractivity contribution < 1.29 is 0 Å². The number of hydrogen-bond acceptors (Lipinski definition) is 6. The third kappa shape index (κ3) is 3.18. The van der Waals surface area contributed by atoms with Gasteiger partial charge in [-0.3, -0.25) is 5.43 Å². The van der Waals surface area contributed by atoms with Crippen LogP contribution in [0.5, 0.6) is 0 Å². The van der Waals surface area contributed by atoms with Gasteiger partial charge in [0.05, 0.1) is 27.3 Å². The Balaban J connectivity index is 1.39. The van der Waals surface area contributed by atoms with Gasteiger partial charge in [-0.1, -0.05) is 53.4 Å². The smallest absolute Gasteiger partial charge is 0.204 e. The van der Waals surface area contributed by atoms with Gasteiger partial charge in [-0.15, -0.1) is 0 Å². The first-order valence-electron chi connectivity index (χ1n) is 8.60. The lowest BCUT2D eigenvalue weighted by Gasteiger charge is -2.21. The Labute approximate surface area is 165 Å². The summed E-state index contributed by atoms with van der Waals surface area (Å²) in [6.45, 7) is 2.01. The van der Waals surface area contributed by atoms with Crippen molar-refractivity contribution in [3.8, 4) is 0 Å². The van der Waals surface area contributed by atoms with Crippen LogP contribution in [0.1, 0.15) is 12.5 Å². The summed E-state index contributed by atoms with van der Waals surface area (Å²) >= 11 is 3.39. The third-order valence-electron chi connectivity index (χ3n) is 4.39. The molecule has 2 N–H and O–H groups in total. The van der Waals surface area contributed by atoms with Crippen molar-refractivity contribution in [2.24, 2.45) is 5.10 Å². The van der Waals surface area contributed by atoms with Crippen molar-refractivity contribution >= 4 is 55.5 Å². The van der Waals surface area contributed by atoms with Gasteiger partial charge in [0.1, 0.15) is 0 Å². The van der Waals surface area contributed by atoms with E-state index in [1.807, 2.05) is 25.1 Å². The van der Waals surface area contributed by atoms with Gasteiger partial charge in [-0.2, -0.15) is 5.10 Å². The quantitative estimate of drug-likeness (QED) is 0.280. The second-order valence-corrected chi connectivity index (χ2v) is 8.34. The molecule has 0 amide bonds. The monoisotopic (exact) mass is 388 g/mol. The zero-order valence-corrected chi connectivity index (χ0v) is 16.2.